The van der Waals surface area contributed by atoms with Gasteiger partial charge in [-0.2, -0.15) is 5.09 Å². The van der Waals surface area contributed by atoms with E-state index in [2.05, 4.69) is 21.1 Å². The molecule has 1 aliphatic carbocycles. The van der Waals surface area contributed by atoms with Gasteiger partial charge in [0.15, 0.2) is 0 Å². The molecule has 11 heteroatoms. The summed E-state index contributed by atoms with van der Waals surface area (Å²) in [6, 6.07) is 9.71. The lowest BCUT2D eigenvalue weighted by atomic mass is 10.1. The Labute approximate surface area is 191 Å². The minimum atomic E-state index is -3.87. The molecule has 1 aromatic carbocycles. The van der Waals surface area contributed by atoms with E-state index in [0.717, 1.165) is 11.0 Å². The van der Waals surface area contributed by atoms with Crippen LogP contribution >= 0.6 is 7.75 Å². The number of carbonyl (C=O) groups is 1. The molecule has 0 amide bonds. The lowest BCUT2D eigenvalue weighted by molar-refractivity contribution is -0.142. The van der Waals surface area contributed by atoms with E-state index in [1.807, 2.05) is 29.0 Å². The molecule has 0 saturated carbocycles. The number of nitrogens with zero attached hydrogens (tertiary/aromatic N) is 3. The number of para-hydroxylation sites is 1. The first kappa shape index (κ1) is 23.0. The van der Waals surface area contributed by atoms with Crippen LogP contribution in [0.15, 0.2) is 61.1 Å². The number of benzene rings is 1. The summed E-state index contributed by atoms with van der Waals surface area (Å²) in [5.74, 6) is 0.207. The number of rotatable bonds is 9. The van der Waals surface area contributed by atoms with E-state index >= 15 is 0 Å². The third-order valence-corrected chi connectivity index (χ3v) is 7.02. The molecule has 0 spiro atoms. The molecule has 2 unspecified atom stereocenters. The van der Waals surface area contributed by atoms with Gasteiger partial charge in [0.2, 0.25) is 0 Å². The number of methoxy groups -OCH3 is 1. The van der Waals surface area contributed by atoms with Crippen molar-refractivity contribution < 1.29 is 23.1 Å². The maximum atomic E-state index is 13.5. The van der Waals surface area contributed by atoms with Crippen molar-refractivity contribution in [1.82, 2.24) is 19.6 Å². The fourth-order valence-electron chi connectivity index (χ4n) is 3.71. The van der Waals surface area contributed by atoms with Crippen LogP contribution in [0.4, 0.5) is 5.82 Å². The topological polar surface area (TPSA) is 131 Å². The van der Waals surface area contributed by atoms with Crippen molar-refractivity contribution in [2.24, 2.45) is 5.92 Å². The summed E-state index contributed by atoms with van der Waals surface area (Å²) in [4.78, 5) is 20.2. The number of nitrogens with one attached hydrogen (secondary N) is 1. The third-order valence-electron chi connectivity index (χ3n) is 5.38. The summed E-state index contributed by atoms with van der Waals surface area (Å²) in [6.07, 6.45) is 8.15. The highest BCUT2D eigenvalue weighted by Gasteiger charge is 2.33. The molecular formula is C22H26N5O5P. The van der Waals surface area contributed by atoms with Crippen molar-refractivity contribution >= 4 is 30.6 Å². The number of fused-ring (bicyclic) bond motifs is 1. The lowest BCUT2D eigenvalue weighted by Gasteiger charge is -2.23. The molecule has 0 aliphatic heterocycles. The number of allylic oxidation sites excluding steroid dienone is 1. The molecule has 10 nitrogen and oxygen atoms in total. The Morgan fingerprint density at radius 2 is 2.06 bits per heavy atom. The van der Waals surface area contributed by atoms with Gasteiger partial charge in [-0.05, 0) is 31.5 Å². The number of aromatic nitrogens is 3. The van der Waals surface area contributed by atoms with Crippen LogP contribution in [0.5, 0.6) is 5.75 Å². The Hall–Kier alpha value is -3.20. The maximum absolute atomic E-state index is 13.5. The molecule has 174 valence electrons. The van der Waals surface area contributed by atoms with E-state index < -0.39 is 19.8 Å². The smallest absolute Gasteiger partial charge is 0.459 e. The lowest BCUT2D eigenvalue weighted by Crippen LogP contribution is -2.34. The van der Waals surface area contributed by atoms with Gasteiger partial charge < -0.3 is 19.6 Å². The van der Waals surface area contributed by atoms with Gasteiger partial charge in [0.1, 0.15) is 29.6 Å². The summed E-state index contributed by atoms with van der Waals surface area (Å²) in [7, 11) is -2.61. The van der Waals surface area contributed by atoms with Crippen molar-refractivity contribution in [2.45, 2.75) is 25.4 Å². The first-order valence-corrected chi connectivity index (χ1v) is 12.0. The Morgan fingerprint density at radius 1 is 1.27 bits per heavy atom. The van der Waals surface area contributed by atoms with E-state index in [1.54, 1.807) is 24.3 Å². The molecule has 4 atom stereocenters. The number of anilines is 1. The highest BCUT2D eigenvalue weighted by atomic mass is 31.2. The zero-order chi connectivity index (χ0) is 23.4. The van der Waals surface area contributed by atoms with Crippen molar-refractivity contribution in [3.63, 3.8) is 0 Å². The van der Waals surface area contributed by atoms with E-state index in [9.17, 15) is 9.36 Å². The van der Waals surface area contributed by atoms with Crippen LogP contribution in [0, 0.1) is 5.92 Å². The molecule has 0 saturated heterocycles. The quantitative estimate of drug-likeness (QED) is 0.273. The zero-order valence-electron chi connectivity index (χ0n) is 18.3. The molecule has 0 fully saturated rings. The Morgan fingerprint density at radius 3 is 2.82 bits per heavy atom. The summed E-state index contributed by atoms with van der Waals surface area (Å²) in [6.45, 7) is 1.67. The fourth-order valence-corrected chi connectivity index (χ4v) is 5.26. The standard InChI is InChI=1S/C22H26N5O5P/c1-15(22(28)30-2)26-33(29,32-18-6-4-3-5-7-18)31-13-16-8-9-17(12-16)27-11-10-19-20(23)24-14-25-21(19)27/h3-11,14-17H,12-13H2,1-2H3,(H,26,29)(H2,23,24,25)/t15?,16-,17+,33?/m1/s1. The van der Waals surface area contributed by atoms with E-state index in [4.69, 9.17) is 19.5 Å². The Bertz CT molecular complexity index is 1200. The largest absolute Gasteiger partial charge is 0.468 e. The van der Waals surface area contributed by atoms with Crippen LogP contribution in [0.2, 0.25) is 0 Å². The number of carbonyl (C=O) groups excluding carboxylic acids is 1. The van der Waals surface area contributed by atoms with Crippen LogP contribution in [-0.2, 0) is 18.6 Å². The Kier molecular flexibility index (Phi) is 6.78. The van der Waals surface area contributed by atoms with Gasteiger partial charge >= 0.3 is 13.7 Å². The second kappa shape index (κ2) is 9.74. The number of nitrogen functional groups attached to an aromatic ring is 1. The van der Waals surface area contributed by atoms with Gasteiger partial charge in [0.25, 0.3) is 0 Å². The van der Waals surface area contributed by atoms with E-state index in [1.165, 1.54) is 20.4 Å². The molecule has 1 aliphatic rings. The molecule has 3 N–H and O–H groups in total. The van der Waals surface area contributed by atoms with Gasteiger partial charge in [-0.15, -0.1) is 0 Å². The second-order valence-corrected chi connectivity index (χ2v) is 9.43. The molecular weight excluding hydrogens is 445 g/mol. The van der Waals surface area contributed by atoms with E-state index in [0.29, 0.717) is 18.0 Å². The predicted molar refractivity (Wildman–Crippen MR) is 123 cm³/mol. The van der Waals surface area contributed by atoms with Crippen LogP contribution in [0.3, 0.4) is 0 Å². The van der Waals surface area contributed by atoms with Gasteiger partial charge in [0, 0.05) is 12.1 Å². The molecule has 3 aromatic rings. The normalized spacial score (nSPS) is 20.4. The van der Waals surface area contributed by atoms with Crippen LogP contribution in [0.1, 0.15) is 19.4 Å². The molecule has 4 rings (SSSR count). The molecule has 0 radical (unpaired) electrons. The zero-order valence-corrected chi connectivity index (χ0v) is 19.2. The summed E-state index contributed by atoms with van der Waals surface area (Å²) in [5.41, 5.74) is 6.69. The summed E-state index contributed by atoms with van der Waals surface area (Å²) >= 11 is 0. The molecule has 0 bridgehead atoms. The highest BCUT2D eigenvalue weighted by Crippen LogP contribution is 2.46. The first-order chi connectivity index (χ1) is 15.9. The third kappa shape index (κ3) is 5.24. The van der Waals surface area contributed by atoms with Crippen LogP contribution in [-0.4, -0.2) is 40.3 Å². The van der Waals surface area contributed by atoms with Crippen molar-refractivity contribution in [3.8, 4) is 5.75 Å². The number of ether oxygens (including phenoxy) is 1. The number of hydrogen-bond acceptors (Lipinski definition) is 8. The van der Waals surface area contributed by atoms with Gasteiger partial charge in [0.05, 0.1) is 25.1 Å². The average molecular weight is 471 g/mol. The summed E-state index contributed by atoms with van der Waals surface area (Å²) < 4.78 is 31.6. The minimum Gasteiger partial charge on any atom is -0.468 e. The van der Waals surface area contributed by atoms with Gasteiger partial charge in [-0.1, -0.05) is 30.4 Å². The van der Waals surface area contributed by atoms with Gasteiger partial charge in [-0.3, -0.25) is 9.32 Å². The molecule has 2 heterocycles. The highest BCUT2D eigenvalue weighted by molar-refractivity contribution is 7.52. The van der Waals surface area contributed by atoms with Crippen molar-refractivity contribution in [2.75, 3.05) is 19.5 Å². The second-order valence-electron chi connectivity index (χ2n) is 7.74. The molecule has 2 aromatic heterocycles. The maximum Gasteiger partial charge on any atom is 0.459 e. The van der Waals surface area contributed by atoms with Crippen LogP contribution < -0.4 is 15.3 Å². The molecule has 33 heavy (non-hydrogen) atoms. The van der Waals surface area contributed by atoms with Crippen molar-refractivity contribution in [3.05, 3.63) is 61.1 Å². The van der Waals surface area contributed by atoms with Crippen molar-refractivity contribution in [1.29, 1.82) is 0 Å². The number of esters is 1. The SMILES string of the molecule is COC(=O)C(C)NP(=O)(OC[C@@H]1C=C[C@H](n2ccc3c(N)ncnc32)C1)Oc1ccccc1. The number of nitrogens with two attached hydrogens (primary N) is 1. The van der Waals surface area contributed by atoms with Crippen LogP contribution in [0.25, 0.3) is 11.0 Å². The monoisotopic (exact) mass is 471 g/mol. The van der Waals surface area contributed by atoms with E-state index in [-0.39, 0.29) is 18.6 Å². The fraction of sp³-hybridized carbons (Fsp3) is 0.318. The van der Waals surface area contributed by atoms with Gasteiger partial charge in [-0.25, -0.2) is 14.5 Å². The first-order valence-electron chi connectivity index (χ1n) is 10.5. The number of hydrogen-bond donors (Lipinski definition) is 2. The average Bonchev–Trinajstić information content (AvgIpc) is 3.45. The Balaban J connectivity index is 1.44. The predicted octanol–water partition coefficient (Wildman–Crippen LogP) is 3.49. The minimum absolute atomic E-state index is 0.0189. The summed E-state index contributed by atoms with van der Waals surface area (Å²) in [5, 5.41) is 3.46.